The van der Waals surface area contributed by atoms with E-state index >= 15 is 0 Å². The van der Waals surface area contributed by atoms with Crippen molar-refractivity contribution in [1.29, 1.82) is 0 Å². The molecule has 7 heteroatoms. The van der Waals surface area contributed by atoms with Crippen LogP contribution in [0.5, 0.6) is 0 Å². The zero-order valence-electron chi connectivity index (χ0n) is 9.40. The van der Waals surface area contributed by atoms with Gasteiger partial charge < -0.3 is 0 Å². The smallest absolute Gasteiger partial charge is 0.257 e. The highest BCUT2D eigenvalue weighted by Crippen LogP contribution is 2.09. The van der Waals surface area contributed by atoms with Crippen LogP contribution in [0.4, 0.5) is 0 Å². The molecule has 0 aliphatic carbocycles. The van der Waals surface area contributed by atoms with Gasteiger partial charge in [0.2, 0.25) is 5.91 Å². The molecule has 0 bridgehead atoms. The van der Waals surface area contributed by atoms with Gasteiger partial charge in [-0.2, -0.15) is 0 Å². The van der Waals surface area contributed by atoms with E-state index in [-0.39, 0.29) is 4.90 Å². The lowest BCUT2D eigenvalue weighted by Gasteiger charge is -2.09. The third-order valence-corrected chi connectivity index (χ3v) is 3.68. The SMILES string of the molecule is Cc1ccc(S(=O)(=O)NNC(=O)C(C)Br)cc1. The van der Waals surface area contributed by atoms with Crippen LogP contribution in [0.25, 0.3) is 0 Å². The van der Waals surface area contributed by atoms with E-state index < -0.39 is 20.8 Å². The summed E-state index contributed by atoms with van der Waals surface area (Å²) in [5, 5.41) is 0. The summed E-state index contributed by atoms with van der Waals surface area (Å²) in [5.74, 6) is -0.458. The van der Waals surface area contributed by atoms with Crippen molar-refractivity contribution in [2.24, 2.45) is 0 Å². The summed E-state index contributed by atoms with van der Waals surface area (Å²) in [6, 6.07) is 6.32. The summed E-state index contributed by atoms with van der Waals surface area (Å²) in [6.07, 6.45) is 0. The second-order valence-electron chi connectivity index (χ2n) is 3.52. The number of sulfonamides is 1. The Balaban J connectivity index is 2.76. The predicted molar refractivity (Wildman–Crippen MR) is 68.0 cm³/mol. The molecule has 0 heterocycles. The van der Waals surface area contributed by atoms with Crippen LogP contribution >= 0.6 is 15.9 Å². The van der Waals surface area contributed by atoms with E-state index in [1.807, 2.05) is 11.8 Å². The molecule has 0 spiro atoms. The maximum Gasteiger partial charge on any atom is 0.257 e. The quantitative estimate of drug-likeness (QED) is 0.644. The molecule has 0 aliphatic rings. The lowest BCUT2D eigenvalue weighted by atomic mass is 10.2. The molecule has 0 fully saturated rings. The number of hydrazine groups is 1. The number of hydrogen-bond acceptors (Lipinski definition) is 3. The summed E-state index contributed by atoms with van der Waals surface area (Å²) in [7, 11) is -3.71. The Bertz CT molecular complexity index is 497. The Labute approximate surface area is 109 Å². The van der Waals surface area contributed by atoms with Crippen molar-refractivity contribution in [2.75, 3.05) is 0 Å². The fraction of sp³-hybridized carbons (Fsp3) is 0.300. The van der Waals surface area contributed by atoms with Gasteiger partial charge in [-0.1, -0.05) is 33.6 Å². The topological polar surface area (TPSA) is 75.3 Å². The lowest BCUT2D eigenvalue weighted by molar-refractivity contribution is -0.120. The normalized spacial score (nSPS) is 13.1. The molecule has 2 N–H and O–H groups in total. The van der Waals surface area contributed by atoms with E-state index in [2.05, 4.69) is 21.4 Å². The number of rotatable bonds is 4. The number of alkyl halides is 1. The van der Waals surface area contributed by atoms with Crippen LogP contribution in [0.1, 0.15) is 12.5 Å². The van der Waals surface area contributed by atoms with Crippen LogP contribution in [0, 0.1) is 6.92 Å². The van der Waals surface area contributed by atoms with Crippen molar-refractivity contribution in [3.8, 4) is 0 Å². The molecule has 0 aromatic heterocycles. The van der Waals surface area contributed by atoms with E-state index in [1.54, 1.807) is 19.1 Å². The average molecular weight is 321 g/mol. The maximum absolute atomic E-state index is 11.7. The molecule has 0 saturated heterocycles. The van der Waals surface area contributed by atoms with Gasteiger partial charge >= 0.3 is 0 Å². The number of nitrogens with one attached hydrogen (secondary N) is 2. The van der Waals surface area contributed by atoms with Crippen molar-refractivity contribution in [2.45, 2.75) is 23.6 Å². The molecule has 1 unspecified atom stereocenters. The minimum atomic E-state index is -3.71. The van der Waals surface area contributed by atoms with Crippen molar-refractivity contribution in [3.05, 3.63) is 29.8 Å². The number of aryl methyl sites for hydroxylation is 1. The number of carbonyl (C=O) groups is 1. The first kappa shape index (κ1) is 14.1. The maximum atomic E-state index is 11.7. The molecule has 1 rings (SSSR count). The molecule has 5 nitrogen and oxygen atoms in total. The third kappa shape index (κ3) is 4.10. The molecule has 1 amide bonds. The van der Waals surface area contributed by atoms with Crippen LogP contribution < -0.4 is 10.3 Å². The predicted octanol–water partition coefficient (Wildman–Crippen LogP) is 1.09. The Morgan fingerprint density at radius 1 is 1.29 bits per heavy atom. The monoisotopic (exact) mass is 320 g/mol. The second kappa shape index (κ2) is 5.61. The molecular weight excluding hydrogens is 308 g/mol. The van der Waals surface area contributed by atoms with E-state index in [0.29, 0.717) is 0 Å². The summed E-state index contributed by atoms with van der Waals surface area (Å²) in [4.78, 5) is 12.8. The van der Waals surface area contributed by atoms with Crippen LogP contribution in [0.2, 0.25) is 0 Å². The van der Waals surface area contributed by atoms with Crippen LogP contribution in [0.15, 0.2) is 29.2 Å². The zero-order chi connectivity index (χ0) is 13.1. The molecule has 1 aromatic carbocycles. The molecule has 17 heavy (non-hydrogen) atoms. The lowest BCUT2D eigenvalue weighted by Crippen LogP contribution is -2.44. The van der Waals surface area contributed by atoms with Gasteiger partial charge in [0.1, 0.15) is 0 Å². The Morgan fingerprint density at radius 3 is 2.29 bits per heavy atom. The van der Waals surface area contributed by atoms with E-state index in [9.17, 15) is 13.2 Å². The summed E-state index contributed by atoms with van der Waals surface area (Å²) in [6.45, 7) is 3.45. The number of carbonyl (C=O) groups excluding carboxylic acids is 1. The van der Waals surface area contributed by atoms with Gasteiger partial charge in [-0.15, -0.1) is 4.83 Å². The number of benzene rings is 1. The van der Waals surface area contributed by atoms with Gasteiger partial charge in [-0.3, -0.25) is 10.2 Å². The Kier molecular flexibility index (Phi) is 4.67. The molecule has 0 radical (unpaired) electrons. The van der Waals surface area contributed by atoms with Gasteiger partial charge in [0.15, 0.2) is 0 Å². The number of amides is 1. The highest BCUT2D eigenvalue weighted by atomic mass is 79.9. The van der Waals surface area contributed by atoms with Crippen LogP contribution in [0.3, 0.4) is 0 Å². The van der Waals surface area contributed by atoms with Gasteiger partial charge in [-0.05, 0) is 26.0 Å². The van der Waals surface area contributed by atoms with Crippen molar-refractivity contribution >= 4 is 31.9 Å². The first-order chi connectivity index (χ1) is 7.83. The molecule has 1 atom stereocenters. The minimum absolute atomic E-state index is 0.102. The van der Waals surface area contributed by atoms with E-state index in [4.69, 9.17) is 0 Å². The van der Waals surface area contributed by atoms with E-state index in [0.717, 1.165) is 5.56 Å². The molecule has 0 saturated carbocycles. The van der Waals surface area contributed by atoms with Crippen molar-refractivity contribution in [1.82, 2.24) is 10.3 Å². The first-order valence-corrected chi connectivity index (χ1v) is 7.25. The van der Waals surface area contributed by atoms with Gasteiger partial charge in [-0.25, -0.2) is 8.42 Å². The molecule has 1 aromatic rings. The zero-order valence-corrected chi connectivity index (χ0v) is 11.8. The fourth-order valence-corrected chi connectivity index (χ4v) is 1.95. The second-order valence-corrected chi connectivity index (χ2v) is 6.58. The van der Waals surface area contributed by atoms with E-state index in [1.165, 1.54) is 12.1 Å². The summed E-state index contributed by atoms with van der Waals surface area (Å²) < 4.78 is 23.5. The van der Waals surface area contributed by atoms with Gasteiger partial charge in [0.25, 0.3) is 10.0 Å². The molecule has 0 aliphatic heterocycles. The third-order valence-electron chi connectivity index (χ3n) is 2.00. The highest BCUT2D eigenvalue weighted by Gasteiger charge is 2.16. The fourth-order valence-electron chi connectivity index (χ4n) is 0.993. The molecular formula is C10H13BrN2O3S. The first-order valence-electron chi connectivity index (χ1n) is 4.85. The number of hydrogen-bond donors (Lipinski definition) is 2. The standard InChI is InChI=1S/C10H13BrN2O3S/c1-7-3-5-9(6-4-7)17(15,16)13-12-10(14)8(2)11/h3-6,8,13H,1-2H3,(H,12,14). The highest BCUT2D eigenvalue weighted by molar-refractivity contribution is 9.10. The number of halogens is 1. The minimum Gasteiger partial charge on any atom is -0.277 e. The average Bonchev–Trinajstić information content (AvgIpc) is 2.26. The van der Waals surface area contributed by atoms with Gasteiger partial charge in [0.05, 0.1) is 9.72 Å². The Morgan fingerprint density at radius 2 is 1.82 bits per heavy atom. The Hall–Kier alpha value is -0.920. The van der Waals surface area contributed by atoms with Crippen molar-refractivity contribution in [3.63, 3.8) is 0 Å². The van der Waals surface area contributed by atoms with Crippen LogP contribution in [-0.2, 0) is 14.8 Å². The largest absolute Gasteiger partial charge is 0.277 e. The molecule has 94 valence electrons. The van der Waals surface area contributed by atoms with Crippen LogP contribution in [-0.4, -0.2) is 19.2 Å². The summed E-state index contributed by atoms with van der Waals surface area (Å²) in [5.41, 5.74) is 3.07. The van der Waals surface area contributed by atoms with Crippen molar-refractivity contribution < 1.29 is 13.2 Å². The van der Waals surface area contributed by atoms with Gasteiger partial charge in [0, 0.05) is 0 Å². The summed E-state index contributed by atoms with van der Waals surface area (Å²) >= 11 is 3.03.